The van der Waals surface area contributed by atoms with E-state index in [1.54, 1.807) is 12.1 Å². The minimum absolute atomic E-state index is 0.188. The SMILES string of the molecule is O=P(O)(O)C(O)c1ccc(CBr)cc1Br. The van der Waals surface area contributed by atoms with Gasteiger partial charge in [0.25, 0.3) is 0 Å². The first-order chi connectivity index (χ1) is 6.86. The number of alkyl halides is 1. The van der Waals surface area contributed by atoms with Crippen LogP contribution in [-0.4, -0.2) is 14.9 Å². The van der Waals surface area contributed by atoms with Gasteiger partial charge in [0, 0.05) is 15.4 Å². The van der Waals surface area contributed by atoms with Crippen molar-refractivity contribution in [1.82, 2.24) is 0 Å². The predicted molar refractivity (Wildman–Crippen MR) is 63.8 cm³/mol. The van der Waals surface area contributed by atoms with Crippen LogP contribution < -0.4 is 0 Å². The van der Waals surface area contributed by atoms with Crippen molar-refractivity contribution in [2.75, 3.05) is 0 Å². The van der Waals surface area contributed by atoms with E-state index >= 15 is 0 Å². The molecule has 15 heavy (non-hydrogen) atoms. The van der Waals surface area contributed by atoms with Gasteiger partial charge in [-0.3, -0.25) is 4.57 Å². The Balaban J connectivity index is 3.11. The fourth-order valence-electron chi connectivity index (χ4n) is 1.04. The van der Waals surface area contributed by atoms with E-state index in [2.05, 4.69) is 31.9 Å². The molecule has 84 valence electrons. The fraction of sp³-hybridized carbons (Fsp3) is 0.250. The third-order valence-electron chi connectivity index (χ3n) is 1.82. The minimum Gasteiger partial charge on any atom is -0.376 e. The molecule has 1 rings (SSSR count). The molecule has 1 unspecified atom stereocenters. The Morgan fingerprint density at radius 1 is 1.40 bits per heavy atom. The average molecular weight is 360 g/mol. The number of rotatable bonds is 3. The van der Waals surface area contributed by atoms with Crippen molar-refractivity contribution in [3.8, 4) is 0 Å². The largest absolute Gasteiger partial charge is 0.376 e. The second-order valence-electron chi connectivity index (χ2n) is 2.95. The topological polar surface area (TPSA) is 77.8 Å². The normalized spacial score (nSPS) is 13.9. The summed E-state index contributed by atoms with van der Waals surface area (Å²) >= 11 is 6.41. The van der Waals surface area contributed by atoms with Gasteiger partial charge in [0.2, 0.25) is 0 Å². The molecule has 0 spiro atoms. The van der Waals surface area contributed by atoms with E-state index in [1.165, 1.54) is 6.07 Å². The molecular weight excluding hydrogens is 351 g/mol. The van der Waals surface area contributed by atoms with Crippen molar-refractivity contribution < 1.29 is 19.5 Å². The summed E-state index contributed by atoms with van der Waals surface area (Å²) in [4.78, 5) is 17.6. The van der Waals surface area contributed by atoms with E-state index in [4.69, 9.17) is 9.79 Å². The molecule has 0 saturated carbocycles. The molecule has 0 aromatic heterocycles. The number of hydrogen-bond acceptors (Lipinski definition) is 2. The Kier molecular flexibility index (Phi) is 4.52. The van der Waals surface area contributed by atoms with Gasteiger partial charge in [-0.05, 0) is 11.6 Å². The van der Waals surface area contributed by atoms with Gasteiger partial charge in [-0.1, -0.05) is 44.0 Å². The third-order valence-corrected chi connectivity index (χ3v) is 4.07. The first-order valence-corrected chi connectivity index (χ1v) is 7.53. The molecular formula is C8H9Br2O4P. The molecule has 0 fully saturated rings. The molecule has 0 amide bonds. The molecule has 0 radical (unpaired) electrons. The lowest BCUT2D eigenvalue weighted by Crippen LogP contribution is -1.99. The van der Waals surface area contributed by atoms with Crippen molar-refractivity contribution in [2.45, 2.75) is 11.2 Å². The highest BCUT2D eigenvalue weighted by Crippen LogP contribution is 2.51. The smallest absolute Gasteiger partial charge is 0.358 e. The fourth-order valence-corrected chi connectivity index (χ4v) is 2.80. The quantitative estimate of drug-likeness (QED) is 0.572. The van der Waals surface area contributed by atoms with Crippen LogP contribution in [0.1, 0.15) is 17.0 Å². The lowest BCUT2D eigenvalue weighted by Gasteiger charge is -2.14. The van der Waals surface area contributed by atoms with Crippen LogP contribution in [0.4, 0.5) is 0 Å². The van der Waals surface area contributed by atoms with Crippen LogP contribution >= 0.6 is 39.5 Å². The third kappa shape index (κ3) is 3.37. The van der Waals surface area contributed by atoms with Crippen molar-refractivity contribution >= 4 is 39.5 Å². The summed E-state index contributed by atoms with van der Waals surface area (Å²) in [6.07, 6.45) is 0. The zero-order valence-corrected chi connectivity index (χ0v) is 11.5. The van der Waals surface area contributed by atoms with Crippen molar-refractivity contribution in [3.63, 3.8) is 0 Å². The maximum Gasteiger partial charge on any atom is 0.358 e. The van der Waals surface area contributed by atoms with E-state index in [0.717, 1.165) is 5.56 Å². The summed E-state index contributed by atoms with van der Waals surface area (Å²) in [7, 11) is -4.52. The van der Waals surface area contributed by atoms with E-state index in [0.29, 0.717) is 9.80 Å². The van der Waals surface area contributed by atoms with Gasteiger partial charge in [-0.15, -0.1) is 0 Å². The van der Waals surface area contributed by atoms with Crippen LogP contribution in [0.5, 0.6) is 0 Å². The summed E-state index contributed by atoms with van der Waals surface area (Å²) in [5, 5.41) is 10.0. The van der Waals surface area contributed by atoms with Crippen LogP contribution in [-0.2, 0) is 9.90 Å². The lowest BCUT2D eigenvalue weighted by molar-refractivity contribution is 0.205. The number of benzene rings is 1. The van der Waals surface area contributed by atoms with Crippen molar-refractivity contribution in [1.29, 1.82) is 0 Å². The van der Waals surface area contributed by atoms with Gasteiger partial charge in [0.05, 0.1) is 0 Å². The van der Waals surface area contributed by atoms with Crippen LogP contribution in [0.2, 0.25) is 0 Å². The Bertz CT molecular complexity index is 404. The van der Waals surface area contributed by atoms with Gasteiger partial charge < -0.3 is 14.9 Å². The molecule has 4 nitrogen and oxygen atoms in total. The van der Waals surface area contributed by atoms with Crippen LogP contribution in [0.3, 0.4) is 0 Å². The highest BCUT2D eigenvalue weighted by molar-refractivity contribution is 9.10. The van der Waals surface area contributed by atoms with Crippen LogP contribution in [0.15, 0.2) is 22.7 Å². The van der Waals surface area contributed by atoms with Gasteiger partial charge in [0.15, 0.2) is 5.85 Å². The number of aliphatic hydroxyl groups excluding tert-OH is 1. The molecule has 7 heteroatoms. The van der Waals surface area contributed by atoms with Gasteiger partial charge in [-0.2, -0.15) is 0 Å². The molecule has 0 aliphatic carbocycles. The van der Waals surface area contributed by atoms with Crippen molar-refractivity contribution in [2.24, 2.45) is 0 Å². The molecule has 0 saturated heterocycles. The van der Waals surface area contributed by atoms with E-state index in [-0.39, 0.29) is 5.56 Å². The molecule has 0 bridgehead atoms. The average Bonchev–Trinajstić information content (AvgIpc) is 2.15. The van der Waals surface area contributed by atoms with Gasteiger partial charge >= 0.3 is 7.60 Å². The molecule has 1 aromatic rings. The minimum atomic E-state index is -4.52. The first kappa shape index (κ1) is 13.4. The molecule has 1 atom stereocenters. The zero-order chi connectivity index (χ0) is 11.6. The number of halogens is 2. The second-order valence-corrected chi connectivity index (χ2v) is 6.03. The predicted octanol–water partition coefficient (Wildman–Crippen LogP) is 2.51. The van der Waals surface area contributed by atoms with Gasteiger partial charge in [-0.25, -0.2) is 0 Å². The van der Waals surface area contributed by atoms with E-state index < -0.39 is 13.4 Å². The first-order valence-electron chi connectivity index (χ1n) is 3.94. The second kappa shape index (κ2) is 5.08. The summed E-state index contributed by atoms with van der Waals surface area (Å²) in [6, 6.07) is 4.88. The lowest BCUT2D eigenvalue weighted by atomic mass is 10.2. The number of aliphatic hydroxyl groups is 1. The number of hydrogen-bond donors (Lipinski definition) is 3. The molecule has 3 N–H and O–H groups in total. The zero-order valence-electron chi connectivity index (χ0n) is 7.47. The van der Waals surface area contributed by atoms with Crippen molar-refractivity contribution in [3.05, 3.63) is 33.8 Å². The van der Waals surface area contributed by atoms with Crippen LogP contribution in [0.25, 0.3) is 0 Å². The molecule has 1 aromatic carbocycles. The summed E-state index contributed by atoms with van der Waals surface area (Å²) in [5.74, 6) is -1.78. The van der Waals surface area contributed by atoms with Crippen LogP contribution in [0, 0.1) is 0 Å². The highest BCUT2D eigenvalue weighted by Gasteiger charge is 2.29. The summed E-state index contributed by atoms with van der Waals surface area (Å²) in [6.45, 7) is 0. The summed E-state index contributed by atoms with van der Waals surface area (Å²) < 4.78 is 11.3. The van der Waals surface area contributed by atoms with Gasteiger partial charge in [0.1, 0.15) is 0 Å². The Morgan fingerprint density at radius 3 is 2.40 bits per heavy atom. The molecule has 0 heterocycles. The maximum absolute atomic E-state index is 10.9. The summed E-state index contributed by atoms with van der Waals surface area (Å²) in [5.41, 5.74) is 1.14. The Labute approximate surface area is 104 Å². The van der Waals surface area contributed by atoms with E-state index in [1.807, 2.05) is 0 Å². The monoisotopic (exact) mass is 358 g/mol. The van der Waals surface area contributed by atoms with E-state index in [9.17, 15) is 9.67 Å². The Hall–Kier alpha value is 0.290. The highest BCUT2D eigenvalue weighted by atomic mass is 79.9. The Morgan fingerprint density at radius 2 is 2.00 bits per heavy atom. The maximum atomic E-state index is 10.9. The standard InChI is InChI=1S/C8H9Br2O4P/c9-4-5-1-2-6(7(10)3-5)8(11)15(12,13)14/h1-3,8,11H,4H2,(H2,12,13,14). The molecule has 0 aliphatic heterocycles. The molecule has 0 aliphatic rings.